The van der Waals surface area contributed by atoms with E-state index < -0.39 is 0 Å². The van der Waals surface area contributed by atoms with Crippen molar-refractivity contribution in [1.82, 2.24) is 10.3 Å². The van der Waals surface area contributed by atoms with Crippen molar-refractivity contribution in [2.24, 2.45) is 0 Å². The molecule has 2 nitrogen and oxygen atoms in total. The van der Waals surface area contributed by atoms with Gasteiger partial charge in [-0.05, 0) is 31.6 Å². The van der Waals surface area contributed by atoms with Gasteiger partial charge in [-0.3, -0.25) is 0 Å². The molecule has 0 radical (unpaired) electrons. The minimum Gasteiger partial charge on any atom is -0.309 e. The molecule has 1 saturated carbocycles. The molecule has 1 aliphatic carbocycles. The summed E-state index contributed by atoms with van der Waals surface area (Å²) < 4.78 is 0. The smallest absolute Gasteiger partial charge is 0.0931 e. The van der Waals surface area contributed by atoms with Crippen molar-refractivity contribution in [1.29, 1.82) is 0 Å². The number of aromatic nitrogens is 1. The van der Waals surface area contributed by atoms with Crippen LogP contribution in [-0.4, -0.2) is 11.0 Å². The van der Waals surface area contributed by atoms with Gasteiger partial charge in [0.2, 0.25) is 0 Å². The van der Waals surface area contributed by atoms with Crippen LogP contribution in [0, 0.1) is 0 Å². The summed E-state index contributed by atoms with van der Waals surface area (Å²) in [5.41, 5.74) is 1.32. The Labute approximate surface area is 102 Å². The second kappa shape index (κ2) is 5.28. The van der Waals surface area contributed by atoms with Crippen molar-refractivity contribution in [2.45, 2.75) is 65.0 Å². The lowest BCUT2D eigenvalue weighted by molar-refractivity contribution is 0.680. The van der Waals surface area contributed by atoms with Crippen LogP contribution in [0.1, 0.15) is 61.5 Å². The summed E-state index contributed by atoms with van der Waals surface area (Å²) in [6.07, 6.45) is 5.05. The molecule has 0 unspecified atom stereocenters. The summed E-state index contributed by atoms with van der Waals surface area (Å²) in [5.74, 6) is 0.554. The summed E-state index contributed by atoms with van der Waals surface area (Å²) in [5, 5.41) is 4.91. The molecule has 0 aromatic carbocycles. The molecule has 90 valence electrons. The van der Waals surface area contributed by atoms with Gasteiger partial charge in [0, 0.05) is 17.5 Å². The topological polar surface area (TPSA) is 24.9 Å². The second-order valence-electron chi connectivity index (χ2n) is 4.98. The molecule has 1 aromatic rings. The molecule has 1 aliphatic rings. The van der Waals surface area contributed by atoms with E-state index in [-0.39, 0.29) is 0 Å². The average molecular weight is 238 g/mol. The minimum absolute atomic E-state index is 0.554. The highest BCUT2D eigenvalue weighted by Gasteiger charge is 2.22. The van der Waals surface area contributed by atoms with Gasteiger partial charge < -0.3 is 5.32 Å². The zero-order chi connectivity index (χ0) is 11.5. The fourth-order valence-electron chi connectivity index (χ4n) is 1.84. The number of nitrogens with one attached hydrogen (secondary N) is 1. The third kappa shape index (κ3) is 3.05. The SMILES string of the molecule is CCCc1nc(C(C)C)c(CNC2CC2)s1. The zero-order valence-electron chi connectivity index (χ0n) is 10.5. The average Bonchev–Trinajstić information content (AvgIpc) is 2.97. The van der Waals surface area contributed by atoms with Gasteiger partial charge in [-0.25, -0.2) is 4.98 Å². The zero-order valence-corrected chi connectivity index (χ0v) is 11.4. The van der Waals surface area contributed by atoms with Gasteiger partial charge in [-0.15, -0.1) is 11.3 Å². The largest absolute Gasteiger partial charge is 0.309 e. The Hall–Kier alpha value is -0.410. The van der Waals surface area contributed by atoms with Crippen molar-refractivity contribution in [2.75, 3.05) is 0 Å². The Morgan fingerprint density at radius 2 is 2.19 bits per heavy atom. The maximum atomic E-state index is 4.78. The minimum atomic E-state index is 0.554. The number of hydrogen-bond acceptors (Lipinski definition) is 3. The highest BCUT2D eigenvalue weighted by atomic mass is 32.1. The van der Waals surface area contributed by atoms with Gasteiger partial charge in [-0.1, -0.05) is 20.8 Å². The van der Waals surface area contributed by atoms with Crippen LogP contribution in [0.2, 0.25) is 0 Å². The molecular formula is C13H22N2S. The van der Waals surface area contributed by atoms with Gasteiger partial charge in [0.25, 0.3) is 0 Å². The Bertz CT molecular complexity index is 340. The van der Waals surface area contributed by atoms with E-state index in [1.807, 2.05) is 11.3 Å². The van der Waals surface area contributed by atoms with E-state index in [0.717, 1.165) is 19.0 Å². The predicted octanol–water partition coefficient (Wildman–Crippen LogP) is 3.47. The second-order valence-corrected chi connectivity index (χ2v) is 6.14. The Kier molecular flexibility index (Phi) is 3.98. The van der Waals surface area contributed by atoms with Gasteiger partial charge >= 0.3 is 0 Å². The van der Waals surface area contributed by atoms with Crippen molar-refractivity contribution < 1.29 is 0 Å². The summed E-state index contributed by atoms with van der Waals surface area (Å²) in [7, 11) is 0. The summed E-state index contributed by atoms with van der Waals surface area (Å²) >= 11 is 1.91. The summed E-state index contributed by atoms with van der Waals surface area (Å²) in [6, 6.07) is 0.789. The summed E-state index contributed by atoms with van der Waals surface area (Å²) in [4.78, 5) is 6.24. The molecule has 3 heteroatoms. The third-order valence-electron chi connectivity index (χ3n) is 2.91. The van der Waals surface area contributed by atoms with Crippen LogP contribution < -0.4 is 5.32 Å². The lowest BCUT2D eigenvalue weighted by Crippen LogP contribution is -2.15. The first-order valence-electron chi connectivity index (χ1n) is 6.42. The molecule has 0 aliphatic heterocycles. The maximum absolute atomic E-state index is 4.78. The van der Waals surface area contributed by atoms with Crippen molar-refractivity contribution in [3.05, 3.63) is 15.6 Å². The molecule has 1 N–H and O–H groups in total. The van der Waals surface area contributed by atoms with Crippen LogP contribution in [0.5, 0.6) is 0 Å². The number of nitrogens with zero attached hydrogens (tertiary/aromatic N) is 1. The molecule has 0 atom stereocenters. The molecule has 1 aromatic heterocycles. The van der Waals surface area contributed by atoms with Crippen molar-refractivity contribution >= 4 is 11.3 Å². The fourth-order valence-corrected chi connectivity index (χ4v) is 3.11. The number of thiazole rings is 1. The van der Waals surface area contributed by atoms with Gasteiger partial charge in [0.15, 0.2) is 0 Å². The highest BCUT2D eigenvalue weighted by molar-refractivity contribution is 7.11. The van der Waals surface area contributed by atoms with Crippen LogP contribution in [0.15, 0.2) is 0 Å². The van der Waals surface area contributed by atoms with E-state index in [2.05, 4.69) is 26.1 Å². The number of rotatable bonds is 6. The van der Waals surface area contributed by atoms with E-state index in [4.69, 9.17) is 4.98 Å². The Morgan fingerprint density at radius 1 is 1.44 bits per heavy atom. The molecule has 2 rings (SSSR count). The molecule has 0 amide bonds. The molecule has 16 heavy (non-hydrogen) atoms. The number of hydrogen-bond donors (Lipinski definition) is 1. The highest BCUT2D eigenvalue weighted by Crippen LogP contribution is 2.27. The van der Waals surface area contributed by atoms with Crippen molar-refractivity contribution in [3.63, 3.8) is 0 Å². The van der Waals surface area contributed by atoms with Crippen LogP contribution in [0.3, 0.4) is 0 Å². The predicted molar refractivity (Wildman–Crippen MR) is 70.1 cm³/mol. The first kappa shape index (κ1) is 12.1. The van der Waals surface area contributed by atoms with E-state index in [1.165, 1.54) is 34.8 Å². The van der Waals surface area contributed by atoms with Gasteiger partial charge in [0.05, 0.1) is 10.7 Å². The molecule has 1 fully saturated rings. The monoisotopic (exact) mass is 238 g/mol. The number of aryl methyl sites for hydroxylation is 1. The molecule has 0 saturated heterocycles. The van der Waals surface area contributed by atoms with Crippen LogP contribution >= 0.6 is 11.3 Å². The van der Waals surface area contributed by atoms with Crippen LogP contribution in [0.4, 0.5) is 0 Å². The quantitative estimate of drug-likeness (QED) is 0.821. The first-order valence-corrected chi connectivity index (χ1v) is 7.24. The molecule has 1 heterocycles. The Balaban J connectivity index is 2.05. The molecular weight excluding hydrogens is 216 g/mol. The van der Waals surface area contributed by atoms with Crippen LogP contribution in [0.25, 0.3) is 0 Å². The van der Waals surface area contributed by atoms with Gasteiger partial charge in [-0.2, -0.15) is 0 Å². The molecule has 0 bridgehead atoms. The normalized spacial score (nSPS) is 16.0. The molecule has 0 spiro atoms. The standard InChI is InChI=1S/C13H22N2S/c1-4-5-12-15-13(9(2)3)11(16-12)8-14-10-6-7-10/h9-10,14H,4-8H2,1-3H3. The van der Waals surface area contributed by atoms with E-state index in [0.29, 0.717) is 5.92 Å². The van der Waals surface area contributed by atoms with Crippen LogP contribution in [-0.2, 0) is 13.0 Å². The van der Waals surface area contributed by atoms with Crippen molar-refractivity contribution in [3.8, 4) is 0 Å². The third-order valence-corrected chi connectivity index (χ3v) is 4.04. The summed E-state index contributed by atoms with van der Waals surface area (Å²) in [6.45, 7) is 7.73. The van der Waals surface area contributed by atoms with Gasteiger partial charge in [0.1, 0.15) is 0 Å². The first-order chi connectivity index (χ1) is 7.70. The fraction of sp³-hybridized carbons (Fsp3) is 0.769. The lowest BCUT2D eigenvalue weighted by Gasteiger charge is -2.05. The van der Waals surface area contributed by atoms with E-state index in [9.17, 15) is 0 Å². The Morgan fingerprint density at radius 3 is 2.75 bits per heavy atom. The van der Waals surface area contributed by atoms with E-state index >= 15 is 0 Å². The lowest BCUT2D eigenvalue weighted by atomic mass is 10.1. The maximum Gasteiger partial charge on any atom is 0.0931 e. The van der Waals surface area contributed by atoms with E-state index in [1.54, 1.807) is 0 Å².